The fourth-order valence-electron chi connectivity index (χ4n) is 2.85. The van der Waals surface area contributed by atoms with Gasteiger partial charge < -0.3 is 14.8 Å². The quantitative estimate of drug-likeness (QED) is 0.220. The van der Waals surface area contributed by atoms with Gasteiger partial charge in [0, 0.05) is 10.2 Å². The standard InChI is InChI=1S/C24H20Br2FN3O4/c1-14-9-17(25)5-8-20(14)29-23(31)24(32)30-28-12-16-10-19(26)22(21(11-16)33-2)34-13-15-3-6-18(27)7-4-15/h3-12H,13H2,1-2H3,(H,29,31)(H,30,32). The van der Waals surface area contributed by atoms with Crippen LogP contribution >= 0.6 is 31.9 Å². The van der Waals surface area contributed by atoms with Crippen molar-refractivity contribution in [2.75, 3.05) is 12.4 Å². The van der Waals surface area contributed by atoms with Crippen LogP contribution < -0.4 is 20.2 Å². The minimum absolute atomic E-state index is 0.214. The summed E-state index contributed by atoms with van der Waals surface area (Å²) in [6.45, 7) is 2.03. The molecular weight excluding hydrogens is 573 g/mol. The zero-order chi connectivity index (χ0) is 24.7. The predicted octanol–water partition coefficient (Wildman–Crippen LogP) is 5.34. The van der Waals surface area contributed by atoms with Crippen molar-refractivity contribution >= 4 is 55.6 Å². The molecular formula is C24H20Br2FN3O4. The van der Waals surface area contributed by atoms with Gasteiger partial charge in [-0.25, -0.2) is 9.82 Å². The molecule has 0 fully saturated rings. The van der Waals surface area contributed by atoms with E-state index in [1.54, 1.807) is 36.4 Å². The first-order valence-corrected chi connectivity index (χ1v) is 11.5. The van der Waals surface area contributed by atoms with E-state index in [9.17, 15) is 14.0 Å². The Labute approximate surface area is 212 Å². The van der Waals surface area contributed by atoms with E-state index >= 15 is 0 Å². The molecule has 0 unspecified atom stereocenters. The van der Waals surface area contributed by atoms with Crippen molar-refractivity contribution in [3.63, 3.8) is 0 Å². The number of halogens is 3. The molecule has 10 heteroatoms. The summed E-state index contributed by atoms with van der Waals surface area (Å²) in [5, 5.41) is 6.38. The number of anilines is 1. The van der Waals surface area contributed by atoms with E-state index in [2.05, 4.69) is 47.7 Å². The molecule has 0 radical (unpaired) electrons. The van der Waals surface area contributed by atoms with E-state index in [-0.39, 0.29) is 12.4 Å². The topological polar surface area (TPSA) is 89.0 Å². The number of carbonyl (C=O) groups excluding carboxylic acids is 2. The van der Waals surface area contributed by atoms with Crippen LogP contribution in [0, 0.1) is 12.7 Å². The molecule has 0 saturated heterocycles. The van der Waals surface area contributed by atoms with Crippen LogP contribution in [0.4, 0.5) is 10.1 Å². The SMILES string of the molecule is COc1cc(C=NNC(=O)C(=O)Nc2ccc(Br)cc2C)cc(Br)c1OCc1ccc(F)cc1. The van der Waals surface area contributed by atoms with Gasteiger partial charge in [-0.3, -0.25) is 9.59 Å². The van der Waals surface area contributed by atoms with Crippen LogP contribution in [-0.2, 0) is 16.2 Å². The first-order chi connectivity index (χ1) is 16.3. The van der Waals surface area contributed by atoms with Gasteiger partial charge in [0.2, 0.25) is 0 Å². The average molecular weight is 593 g/mol. The number of methoxy groups -OCH3 is 1. The Morgan fingerprint density at radius 2 is 1.79 bits per heavy atom. The predicted molar refractivity (Wildman–Crippen MR) is 135 cm³/mol. The third-order valence-corrected chi connectivity index (χ3v) is 5.65. The van der Waals surface area contributed by atoms with Gasteiger partial charge in [0.05, 0.1) is 17.8 Å². The Morgan fingerprint density at radius 3 is 2.47 bits per heavy atom. The molecule has 0 spiro atoms. The normalized spacial score (nSPS) is 10.7. The first kappa shape index (κ1) is 25.4. The van der Waals surface area contributed by atoms with Crippen LogP contribution in [0.25, 0.3) is 0 Å². The summed E-state index contributed by atoms with van der Waals surface area (Å²) < 4.78 is 25.7. The summed E-state index contributed by atoms with van der Waals surface area (Å²) in [5.41, 5.74) is 4.90. The number of hydrazone groups is 1. The fraction of sp³-hybridized carbons (Fsp3) is 0.125. The zero-order valence-corrected chi connectivity index (χ0v) is 21.4. The van der Waals surface area contributed by atoms with Crippen LogP contribution in [0.3, 0.4) is 0 Å². The van der Waals surface area contributed by atoms with Gasteiger partial charge in [-0.1, -0.05) is 28.1 Å². The minimum atomic E-state index is -0.913. The number of aryl methyl sites for hydroxylation is 1. The molecule has 34 heavy (non-hydrogen) atoms. The lowest BCUT2D eigenvalue weighted by atomic mass is 10.2. The third kappa shape index (κ3) is 6.88. The molecule has 0 heterocycles. The van der Waals surface area contributed by atoms with Gasteiger partial charge in [0.1, 0.15) is 12.4 Å². The van der Waals surface area contributed by atoms with E-state index in [0.29, 0.717) is 27.2 Å². The Balaban J connectivity index is 1.62. The van der Waals surface area contributed by atoms with Crippen LogP contribution in [-0.4, -0.2) is 25.1 Å². The fourth-order valence-corrected chi connectivity index (χ4v) is 3.90. The Hall–Kier alpha value is -3.24. The highest BCUT2D eigenvalue weighted by molar-refractivity contribution is 9.10. The lowest BCUT2D eigenvalue weighted by Crippen LogP contribution is -2.32. The highest BCUT2D eigenvalue weighted by Gasteiger charge is 2.15. The number of hydrogen-bond acceptors (Lipinski definition) is 5. The highest BCUT2D eigenvalue weighted by atomic mass is 79.9. The van der Waals surface area contributed by atoms with Crippen molar-refractivity contribution in [2.24, 2.45) is 5.10 Å². The number of carbonyl (C=O) groups is 2. The van der Waals surface area contributed by atoms with Gasteiger partial charge in [0.25, 0.3) is 0 Å². The van der Waals surface area contributed by atoms with Crippen molar-refractivity contribution in [3.05, 3.63) is 86.1 Å². The maximum Gasteiger partial charge on any atom is 0.329 e. The summed E-state index contributed by atoms with van der Waals surface area (Å²) in [6.07, 6.45) is 1.37. The summed E-state index contributed by atoms with van der Waals surface area (Å²) >= 11 is 6.78. The molecule has 0 saturated carbocycles. The maximum atomic E-state index is 13.1. The molecule has 3 aromatic rings. The molecule has 0 bridgehead atoms. The van der Waals surface area contributed by atoms with E-state index in [4.69, 9.17) is 9.47 Å². The molecule has 2 N–H and O–H groups in total. The van der Waals surface area contributed by atoms with E-state index in [0.717, 1.165) is 15.6 Å². The van der Waals surface area contributed by atoms with Crippen molar-refractivity contribution in [2.45, 2.75) is 13.5 Å². The van der Waals surface area contributed by atoms with Crippen LogP contribution in [0.15, 0.2) is 68.6 Å². The van der Waals surface area contributed by atoms with Crippen LogP contribution in [0.2, 0.25) is 0 Å². The summed E-state index contributed by atoms with van der Waals surface area (Å²) in [5.74, 6) is -1.20. The van der Waals surface area contributed by atoms with Crippen molar-refractivity contribution in [1.82, 2.24) is 5.43 Å². The second-order valence-electron chi connectivity index (χ2n) is 7.06. The number of nitrogens with one attached hydrogen (secondary N) is 2. The van der Waals surface area contributed by atoms with Crippen LogP contribution in [0.5, 0.6) is 11.5 Å². The molecule has 7 nitrogen and oxygen atoms in total. The molecule has 2 amide bonds. The number of rotatable bonds is 7. The lowest BCUT2D eigenvalue weighted by Gasteiger charge is -2.13. The summed E-state index contributed by atoms with van der Waals surface area (Å²) in [7, 11) is 1.49. The number of amides is 2. The van der Waals surface area contributed by atoms with Gasteiger partial charge in [-0.05, 0) is 82.0 Å². The van der Waals surface area contributed by atoms with Crippen molar-refractivity contribution < 1.29 is 23.5 Å². The van der Waals surface area contributed by atoms with Gasteiger partial charge in [-0.2, -0.15) is 5.10 Å². The molecule has 3 aromatic carbocycles. The van der Waals surface area contributed by atoms with Gasteiger partial charge in [-0.15, -0.1) is 0 Å². The van der Waals surface area contributed by atoms with Gasteiger partial charge >= 0.3 is 11.8 Å². The van der Waals surface area contributed by atoms with E-state index < -0.39 is 11.8 Å². The number of benzene rings is 3. The molecule has 0 aliphatic rings. The molecule has 0 aromatic heterocycles. The van der Waals surface area contributed by atoms with Crippen molar-refractivity contribution in [1.29, 1.82) is 0 Å². The number of ether oxygens (including phenoxy) is 2. The second-order valence-corrected chi connectivity index (χ2v) is 8.83. The molecule has 0 aliphatic heterocycles. The second kappa shape index (κ2) is 11.8. The third-order valence-electron chi connectivity index (χ3n) is 4.57. The lowest BCUT2D eigenvalue weighted by molar-refractivity contribution is -0.136. The number of nitrogens with zero attached hydrogens (tertiary/aromatic N) is 1. The van der Waals surface area contributed by atoms with Gasteiger partial charge in [0.15, 0.2) is 11.5 Å². The smallest absolute Gasteiger partial charge is 0.329 e. The highest BCUT2D eigenvalue weighted by Crippen LogP contribution is 2.36. The Bertz CT molecular complexity index is 1230. The maximum absolute atomic E-state index is 13.1. The van der Waals surface area contributed by atoms with Crippen molar-refractivity contribution in [3.8, 4) is 11.5 Å². The first-order valence-electron chi connectivity index (χ1n) is 9.92. The summed E-state index contributed by atoms with van der Waals surface area (Å²) in [6, 6.07) is 14.6. The Kier molecular flexibility index (Phi) is 8.78. The Morgan fingerprint density at radius 1 is 1.06 bits per heavy atom. The van der Waals surface area contributed by atoms with Crippen LogP contribution in [0.1, 0.15) is 16.7 Å². The number of hydrogen-bond donors (Lipinski definition) is 2. The zero-order valence-electron chi connectivity index (χ0n) is 18.2. The van der Waals surface area contributed by atoms with E-state index in [1.807, 2.05) is 13.0 Å². The largest absolute Gasteiger partial charge is 0.493 e. The molecule has 0 atom stereocenters. The summed E-state index contributed by atoms with van der Waals surface area (Å²) in [4.78, 5) is 24.2. The molecule has 3 rings (SSSR count). The average Bonchev–Trinajstić information content (AvgIpc) is 2.80. The minimum Gasteiger partial charge on any atom is -0.493 e. The van der Waals surface area contributed by atoms with E-state index in [1.165, 1.54) is 25.5 Å². The molecule has 176 valence electrons. The molecule has 0 aliphatic carbocycles. The monoisotopic (exact) mass is 591 g/mol.